The zero-order chi connectivity index (χ0) is 27.9. The Morgan fingerprint density at radius 3 is 2.46 bits per heavy atom. The smallest absolute Gasteiger partial charge is 0.465 e. The zero-order valence-electron chi connectivity index (χ0n) is 20.4. The molecule has 2 heterocycles. The molecule has 39 heavy (non-hydrogen) atoms. The number of rotatable bonds is 6. The third-order valence-corrected chi connectivity index (χ3v) is 6.55. The first-order valence-electron chi connectivity index (χ1n) is 11.7. The average molecular weight is 538 g/mol. The summed E-state index contributed by atoms with van der Waals surface area (Å²) >= 11 is 0. The van der Waals surface area contributed by atoms with Crippen LogP contribution in [0.5, 0.6) is 0 Å². The number of anilines is 1. The number of halogens is 3. The molecule has 1 aromatic heterocycles. The van der Waals surface area contributed by atoms with Crippen molar-refractivity contribution in [1.82, 2.24) is 14.9 Å². The summed E-state index contributed by atoms with van der Waals surface area (Å²) in [5.74, 6) is -3.10. The molecule has 200 valence electrons. The third kappa shape index (κ3) is 4.43. The molecule has 9 nitrogen and oxygen atoms in total. The van der Waals surface area contributed by atoms with Crippen molar-refractivity contribution in [3.05, 3.63) is 95.1 Å². The first-order valence-corrected chi connectivity index (χ1v) is 11.7. The molecule has 1 atom stereocenters. The summed E-state index contributed by atoms with van der Waals surface area (Å²) in [4.78, 5) is 46.4. The molecule has 12 heteroatoms. The summed E-state index contributed by atoms with van der Waals surface area (Å²) in [5, 5.41) is 9.29. The normalized spacial score (nSPS) is 16.8. The van der Waals surface area contributed by atoms with Crippen LogP contribution in [0.2, 0.25) is 0 Å². The molecule has 3 aromatic carbocycles. The number of nitrogens with one attached hydrogen (secondary N) is 1. The lowest BCUT2D eigenvalue weighted by atomic mass is 9.92. The maximum absolute atomic E-state index is 13.6. The molecule has 0 spiro atoms. The van der Waals surface area contributed by atoms with Crippen molar-refractivity contribution in [3.63, 3.8) is 0 Å². The predicted octanol–water partition coefficient (Wildman–Crippen LogP) is 4.68. The Morgan fingerprint density at radius 1 is 1.08 bits per heavy atom. The van der Waals surface area contributed by atoms with Gasteiger partial charge in [0.1, 0.15) is 0 Å². The number of amides is 2. The lowest BCUT2D eigenvalue weighted by Gasteiger charge is -2.39. The van der Waals surface area contributed by atoms with E-state index >= 15 is 0 Å². The van der Waals surface area contributed by atoms with E-state index in [2.05, 4.69) is 9.97 Å². The third-order valence-electron chi connectivity index (χ3n) is 6.55. The van der Waals surface area contributed by atoms with Crippen molar-refractivity contribution < 1.29 is 37.4 Å². The van der Waals surface area contributed by atoms with Crippen LogP contribution in [0.25, 0.3) is 11.0 Å². The summed E-state index contributed by atoms with van der Waals surface area (Å²) in [6.45, 7) is -0.0751. The Labute approximate surface area is 219 Å². The number of carbonyl (C=O) groups excluding carboxylic acids is 2. The highest BCUT2D eigenvalue weighted by molar-refractivity contribution is 6.01. The minimum Gasteiger partial charge on any atom is -0.465 e. The topological polar surface area (TPSA) is 116 Å². The number of carboxylic acid groups (broad SMARTS) is 1. The molecule has 1 aliphatic rings. The van der Waals surface area contributed by atoms with Crippen molar-refractivity contribution >= 4 is 35.0 Å². The number of ether oxygens (including phenoxy) is 1. The van der Waals surface area contributed by atoms with E-state index in [-0.39, 0.29) is 41.1 Å². The molecule has 0 bridgehead atoms. The highest BCUT2D eigenvalue weighted by Crippen LogP contribution is 2.47. The molecule has 0 fully saturated rings. The number of carbonyl (C=O) groups is 3. The molecule has 1 unspecified atom stereocenters. The van der Waals surface area contributed by atoms with E-state index in [1.165, 1.54) is 43.4 Å². The van der Waals surface area contributed by atoms with Crippen LogP contribution in [0.3, 0.4) is 0 Å². The number of nitrogens with zero attached hydrogens (tertiary/aromatic N) is 3. The fourth-order valence-corrected chi connectivity index (χ4v) is 4.67. The Kier molecular flexibility index (Phi) is 6.25. The maximum Gasteiger partial charge on any atom is 0.491 e. The average Bonchev–Trinajstić information content (AvgIpc) is 3.44. The summed E-state index contributed by atoms with van der Waals surface area (Å²) in [5.41, 5.74) is -0.671. The largest absolute Gasteiger partial charge is 0.491 e. The molecule has 0 saturated heterocycles. The molecule has 2 amide bonds. The number of aromatic nitrogens is 2. The van der Waals surface area contributed by atoms with Crippen molar-refractivity contribution in [2.45, 2.75) is 18.3 Å². The van der Waals surface area contributed by atoms with E-state index in [1.807, 2.05) is 18.2 Å². The number of hydrogen-bond acceptors (Lipinski definition) is 5. The van der Waals surface area contributed by atoms with E-state index in [4.69, 9.17) is 4.74 Å². The molecule has 0 aliphatic carbocycles. The highest BCUT2D eigenvalue weighted by Gasteiger charge is 2.57. The first kappa shape index (κ1) is 25.8. The van der Waals surface area contributed by atoms with Gasteiger partial charge in [0.25, 0.3) is 5.91 Å². The summed E-state index contributed by atoms with van der Waals surface area (Å²) in [6, 6.07) is 19.3. The maximum atomic E-state index is 13.6. The Hall–Kier alpha value is -4.87. The van der Waals surface area contributed by atoms with Crippen LogP contribution in [0.4, 0.5) is 23.9 Å². The number of H-pyrrole nitrogens is 1. The van der Waals surface area contributed by atoms with Gasteiger partial charge in [0.05, 0.1) is 11.0 Å². The Morgan fingerprint density at radius 2 is 1.77 bits per heavy atom. The van der Waals surface area contributed by atoms with Gasteiger partial charge in [0.2, 0.25) is 11.7 Å². The lowest BCUT2D eigenvalue weighted by Crippen LogP contribution is -2.50. The second kappa shape index (κ2) is 9.46. The Balaban J connectivity index is 1.70. The predicted molar refractivity (Wildman–Crippen MR) is 133 cm³/mol. The van der Waals surface area contributed by atoms with Crippen molar-refractivity contribution in [1.29, 1.82) is 0 Å². The highest BCUT2D eigenvalue weighted by atomic mass is 19.4. The van der Waals surface area contributed by atoms with Gasteiger partial charge in [-0.05, 0) is 30.2 Å². The SMILES string of the molecule is CN(C(=O)O)c1nc2cc(C3(OC(=O)C(F)(F)F)c4ccccc4C(=O)N3CCc3ccccc3)ccc2[nH]1. The summed E-state index contributed by atoms with van der Waals surface area (Å²) in [6.07, 6.45) is -6.36. The van der Waals surface area contributed by atoms with Crippen molar-refractivity contribution in [2.75, 3.05) is 18.5 Å². The van der Waals surface area contributed by atoms with Crippen LogP contribution < -0.4 is 4.90 Å². The number of hydrogen-bond donors (Lipinski definition) is 2. The minimum absolute atomic E-state index is 0.0279. The van der Waals surface area contributed by atoms with Gasteiger partial charge in [0, 0.05) is 30.3 Å². The molecular formula is C27H21F3N4O5. The Bertz CT molecular complexity index is 1590. The first-order chi connectivity index (χ1) is 18.5. The number of imidazole rings is 1. The van der Waals surface area contributed by atoms with Crippen molar-refractivity contribution in [2.24, 2.45) is 0 Å². The van der Waals surface area contributed by atoms with Crippen LogP contribution in [0.15, 0.2) is 72.8 Å². The molecular weight excluding hydrogens is 517 g/mol. The van der Waals surface area contributed by atoms with Gasteiger partial charge in [-0.15, -0.1) is 0 Å². The van der Waals surface area contributed by atoms with Gasteiger partial charge in [-0.1, -0.05) is 54.6 Å². The van der Waals surface area contributed by atoms with E-state index in [0.29, 0.717) is 5.52 Å². The fourth-order valence-electron chi connectivity index (χ4n) is 4.67. The van der Waals surface area contributed by atoms with E-state index in [0.717, 1.165) is 15.4 Å². The quantitative estimate of drug-likeness (QED) is 0.345. The van der Waals surface area contributed by atoms with Gasteiger partial charge in [-0.2, -0.15) is 13.2 Å². The summed E-state index contributed by atoms with van der Waals surface area (Å²) in [7, 11) is 1.27. The van der Waals surface area contributed by atoms with Crippen LogP contribution in [-0.4, -0.2) is 57.7 Å². The van der Waals surface area contributed by atoms with Crippen LogP contribution in [-0.2, 0) is 21.7 Å². The number of benzene rings is 3. The second-order valence-electron chi connectivity index (χ2n) is 8.90. The van der Waals surface area contributed by atoms with Crippen LogP contribution in [0, 0.1) is 0 Å². The number of esters is 1. The van der Waals surface area contributed by atoms with Gasteiger partial charge < -0.3 is 14.8 Å². The van der Waals surface area contributed by atoms with Crippen LogP contribution in [0.1, 0.15) is 27.0 Å². The monoisotopic (exact) mass is 538 g/mol. The standard InChI is InChI=1S/C27H21F3N4O5/c1-33(25(37)38)24-31-20-12-11-17(15-21(20)32-24)26(39-23(36)27(28,29)30)19-10-6-5-9-18(19)22(35)34(26)14-13-16-7-3-2-4-8-16/h2-12,15H,13-14H2,1H3,(H,31,32)(H,37,38). The number of alkyl halides is 3. The lowest BCUT2D eigenvalue weighted by molar-refractivity contribution is -0.222. The van der Waals surface area contributed by atoms with Gasteiger partial charge in [-0.3, -0.25) is 14.6 Å². The van der Waals surface area contributed by atoms with Gasteiger partial charge >= 0.3 is 18.2 Å². The summed E-state index contributed by atoms with van der Waals surface area (Å²) < 4.78 is 46.1. The van der Waals surface area contributed by atoms with E-state index in [9.17, 15) is 32.7 Å². The number of aromatic amines is 1. The van der Waals surface area contributed by atoms with E-state index < -0.39 is 29.9 Å². The molecule has 0 radical (unpaired) electrons. The molecule has 4 aromatic rings. The molecule has 2 N–H and O–H groups in total. The van der Waals surface area contributed by atoms with Crippen LogP contribution >= 0.6 is 0 Å². The van der Waals surface area contributed by atoms with E-state index in [1.54, 1.807) is 18.2 Å². The minimum atomic E-state index is -5.34. The van der Waals surface area contributed by atoms with Gasteiger partial charge in [0.15, 0.2) is 0 Å². The molecule has 5 rings (SSSR count). The fraction of sp³-hybridized carbons (Fsp3) is 0.185. The van der Waals surface area contributed by atoms with Gasteiger partial charge in [-0.25, -0.2) is 14.6 Å². The zero-order valence-corrected chi connectivity index (χ0v) is 20.4. The molecule has 0 saturated carbocycles. The number of fused-ring (bicyclic) bond motifs is 2. The van der Waals surface area contributed by atoms with Crippen molar-refractivity contribution in [3.8, 4) is 0 Å². The second-order valence-corrected chi connectivity index (χ2v) is 8.90. The molecule has 1 aliphatic heterocycles.